The van der Waals surface area contributed by atoms with E-state index >= 15 is 0 Å². The zero-order valence-electron chi connectivity index (χ0n) is 23.6. The first-order chi connectivity index (χ1) is 19.7. The number of hydrogen-bond acceptors (Lipinski definition) is 8. The van der Waals surface area contributed by atoms with Crippen LogP contribution < -0.4 is 5.32 Å². The third-order valence-electron chi connectivity index (χ3n) is 7.35. The molecule has 0 saturated carbocycles. The summed E-state index contributed by atoms with van der Waals surface area (Å²) in [4.78, 5) is 27.4. The van der Waals surface area contributed by atoms with Gasteiger partial charge in [-0.2, -0.15) is 0 Å². The summed E-state index contributed by atoms with van der Waals surface area (Å²) in [6.07, 6.45) is 2.68. The fraction of sp³-hybridized carbons (Fsp3) is 0.355. The van der Waals surface area contributed by atoms with E-state index in [2.05, 4.69) is 36.3 Å². The van der Waals surface area contributed by atoms with Gasteiger partial charge in [0.2, 0.25) is 5.91 Å². The highest BCUT2D eigenvalue weighted by atomic mass is 32.2. The van der Waals surface area contributed by atoms with E-state index in [-0.39, 0.29) is 29.4 Å². The first kappa shape index (κ1) is 28.9. The van der Waals surface area contributed by atoms with Crippen molar-refractivity contribution in [1.82, 2.24) is 14.8 Å². The topological polar surface area (TPSA) is 106 Å². The van der Waals surface area contributed by atoms with Gasteiger partial charge < -0.3 is 15.2 Å². The maximum Gasteiger partial charge on any atom is 0.341 e. The Morgan fingerprint density at radius 2 is 1.85 bits per heavy atom. The molecule has 5 rings (SSSR count). The van der Waals surface area contributed by atoms with Gasteiger partial charge in [-0.05, 0) is 67.3 Å². The second-order valence-electron chi connectivity index (χ2n) is 11.1. The molecular weight excluding hydrogens is 556 g/mol. The summed E-state index contributed by atoms with van der Waals surface area (Å²) in [5, 5.41) is 23.2. The Morgan fingerprint density at radius 3 is 2.56 bits per heavy atom. The maximum atomic E-state index is 13.3. The van der Waals surface area contributed by atoms with Crippen LogP contribution in [0.5, 0.6) is 5.75 Å². The third-order valence-corrected chi connectivity index (χ3v) is 9.45. The molecule has 8 nitrogen and oxygen atoms in total. The first-order valence-corrected chi connectivity index (χ1v) is 15.5. The van der Waals surface area contributed by atoms with Crippen molar-refractivity contribution in [3.05, 3.63) is 70.6 Å². The van der Waals surface area contributed by atoms with Crippen molar-refractivity contribution >= 4 is 40.0 Å². The van der Waals surface area contributed by atoms with Crippen LogP contribution in [-0.4, -0.2) is 44.1 Å². The van der Waals surface area contributed by atoms with Gasteiger partial charge in [-0.3, -0.25) is 9.36 Å². The van der Waals surface area contributed by atoms with Gasteiger partial charge in [-0.1, -0.05) is 62.9 Å². The molecule has 4 aromatic rings. The lowest BCUT2D eigenvalue weighted by atomic mass is 9.72. The van der Waals surface area contributed by atoms with Crippen LogP contribution in [0.3, 0.4) is 0 Å². The second-order valence-corrected chi connectivity index (χ2v) is 13.1. The van der Waals surface area contributed by atoms with Crippen LogP contribution in [-0.2, 0) is 22.4 Å². The Labute approximate surface area is 248 Å². The van der Waals surface area contributed by atoms with Crippen molar-refractivity contribution in [3.63, 3.8) is 0 Å². The minimum atomic E-state index is -0.390. The van der Waals surface area contributed by atoms with Crippen molar-refractivity contribution in [2.45, 2.75) is 52.1 Å². The number of amides is 1. The molecular formula is C31H34N4O4S2. The zero-order chi connectivity index (χ0) is 29.1. The Hall–Kier alpha value is -3.63. The highest BCUT2D eigenvalue weighted by Crippen LogP contribution is 2.44. The fourth-order valence-electron chi connectivity index (χ4n) is 5.14. The van der Waals surface area contributed by atoms with Crippen LogP contribution in [0.25, 0.3) is 17.1 Å². The summed E-state index contributed by atoms with van der Waals surface area (Å²) in [5.74, 6) is 0.484. The predicted octanol–water partition coefficient (Wildman–Crippen LogP) is 6.76. The summed E-state index contributed by atoms with van der Waals surface area (Å²) in [7, 11) is 0. The summed E-state index contributed by atoms with van der Waals surface area (Å²) in [5.41, 5.74) is 3.01. The summed E-state index contributed by atoms with van der Waals surface area (Å²) < 4.78 is 7.21. The number of phenolic OH excluding ortho intramolecular Hbond substituents is 1. The van der Waals surface area contributed by atoms with Gasteiger partial charge in [0.15, 0.2) is 11.0 Å². The Balaban J connectivity index is 1.39. The molecule has 10 heteroatoms. The number of ether oxygens (including phenoxy) is 1. The van der Waals surface area contributed by atoms with E-state index in [4.69, 9.17) is 4.74 Å². The van der Waals surface area contributed by atoms with Crippen LogP contribution in [0.15, 0.2) is 59.8 Å². The van der Waals surface area contributed by atoms with E-state index in [9.17, 15) is 14.7 Å². The zero-order valence-corrected chi connectivity index (χ0v) is 25.3. The molecule has 0 spiro atoms. The molecule has 2 N–H and O–H groups in total. The molecule has 0 unspecified atom stereocenters. The Kier molecular flexibility index (Phi) is 8.51. The molecule has 1 aliphatic rings. The van der Waals surface area contributed by atoms with Gasteiger partial charge >= 0.3 is 5.97 Å². The summed E-state index contributed by atoms with van der Waals surface area (Å²) in [6.45, 7) is 8.81. The van der Waals surface area contributed by atoms with E-state index in [0.29, 0.717) is 33.0 Å². The van der Waals surface area contributed by atoms with Crippen molar-refractivity contribution in [3.8, 4) is 22.8 Å². The number of rotatable bonds is 8. The molecule has 0 saturated heterocycles. The molecule has 2 heterocycles. The molecule has 214 valence electrons. The number of phenols is 1. The highest BCUT2D eigenvalue weighted by molar-refractivity contribution is 7.99. The van der Waals surface area contributed by atoms with E-state index in [0.717, 1.165) is 35.4 Å². The van der Waals surface area contributed by atoms with Crippen LogP contribution in [0, 0.1) is 11.3 Å². The predicted molar refractivity (Wildman–Crippen MR) is 163 cm³/mol. The average molecular weight is 591 g/mol. The van der Waals surface area contributed by atoms with Crippen molar-refractivity contribution < 1.29 is 19.4 Å². The number of aromatic hydroxyl groups is 1. The van der Waals surface area contributed by atoms with E-state index in [1.54, 1.807) is 25.1 Å². The second kappa shape index (κ2) is 12.1. The number of fused-ring (bicyclic) bond motifs is 1. The standard InChI is InChI=1S/C31H34N4O4S2/c1-5-39-29(38)26-22-16-15-19(31(2,3)4)17-24(22)41-28(26)32-25(37)18-40-30-34-33-27(21-13-9-10-14-23(21)36)35(30)20-11-7-6-8-12-20/h6-14,19,36H,5,15-18H2,1-4H3,(H,32,37)/t19-/m1/s1. The largest absolute Gasteiger partial charge is 0.507 e. The number of esters is 1. The molecule has 0 bridgehead atoms. The molecule has 2 aromatic heterocycles. The molecule has 0 radical (unpaired) electrons. The molecule has 0 aliphatic heterocycles. The molecule has 2 aromatic carbocycles. The average Bonchev–Trinajstić information content (AvgIpc) is 3.53. The van der Waals surface area contributed by atoms with Gasteiger partial charge in [-0.15, -0.1) is 21.5 Å². The number of nitrogens with one attached hydrogen (secondary N) is 1. The summed E-state index contributed by atoms with van der Waals surface area (Å²) >= 11 is 2.72. The maximum absolute atomic E-state index is 13.3. The van der Waals surface area contributed by atoms with Gasteiger partial charge in [0.1, 0.15) is 10.8 Å². The van der Waals surface area contributed by atoms with Crippen LogP contribution in [0.2, 0.25) is 0 Å². The van der Waals surface area contributed by atoms with E-state index in [1.807, 2.05) is 41.0 Å². The Bertz CT molecular complexity index is 1560. The monoisotopic (exact) mass is 590 g/mol. The number of aromatic nitrogens is 3. The molecule has 1 aliphatic carbocycles. The Morgan fingerprint density at radius 1 is 1.12 bits per heavy atom. The van der Waals surface area contributed by atoms with Crippen LogP contribution >= 0.6 is 23.1 Å². The number of anilines is 1. The van der Waals surface area contributed by atoms with Gasteiger partial charge in [0, 0.05) is 10.6 Å². The van der Waals surface area contributed by atoms with E-state index < -0.39 is 5.97 Å². The molecule has 0 fully saturated rings. The highest BCUT2D eigenvalue weighted by Gasteiger charge is 2.34. The fourth-order valence-corrected chi connectivity index (χ4v) is 7.22. The minimum absolute atomic E-state index is 0.0567. The smallest absolute Gasteiger partial charge is 0.341 e. The number of nitrogens with zero attached hydrogens (tertiary/aromatic N) is 3. The van der Waals surface area contributed by atoms with Crippen LogP contribution in [0.4, 0.5) is 5.00 Å². The number of para-hydroxylation sites is 2. The molecule has 1 atom stereocenters. The number of carbonyl (C=O) groups excluding carboxylic acids is 2. The van der Waals surface area contributed by atoms with Crippen molar-refractivity contribution in [2.24, 2.45) is 11.3 Å². The van der Waals surface area contributed by atoms with Gasteiger partial charge in [0.05, 0.1) is 23.5 Å². The minimum Gasteiger partial charge on any atom is -0.507 e. The lowest BCUT2D eigenvalue weighted by Crippen LogP contribution is -2.26. The van der Waals surface area contributed by atoms with Crippen molar-refractivity contribution in [1.29, 1.82) is 0 Å². The van der Waals surface area contributed by atoms with Gasteiger partial charge in [0.25, 0.3) is 0 Å². The van der Waals surface area contributed by atoms with Crippen LogP contribution in [0.1, 0.15) is 54.9 Å². The number of thiophene rings is 1. The number of carbonyl (C=O) groups is 2. The lowest BCUT2D eigenvalue weighted by Gasteiger charge is -2.33. The first-order valence-electron chi connectivity index (χ1n) is 13.7. The number of hydrogen-bond donors (Lipinski definition) is 2. The third kappa shape index (κ3) is 6.18. The molecule has 1 amide bonds. The lowest BCUT2D eigenvalue weighted by molar-refractivity contribution is -0.113. The summed E-state index contributed by atoms with van der Waals surface area (Å²) in [6, 6.07) is 16.5. The van der Waals surface area contributed by atoms with Crippen molar-refractivity contribution in [2.75, 3.05) is 17.7 Å². The number of thioether (sulfide) groups is 1. The van der Waals surface area contributed by atoms with E-state index in [1.165, 1.54) is 23.1 Å². The number of benzene rings is 2. The molecule has 41 heavy (non-hydrogen) atoms. The van der Waals surface area contributed by atoms with Gasteiger partial charge in [-0.25, -0.2) is 4.79 Å². The normalized spacial score (nSPS) is 14.9. The SMILES string of the molecule is CCOC(=O)c1c(NC(=O)CSc2nnc(-c3ccccc3O)n2-c2ccccc2)sc2c1CC[C@@H](C(C)(C)C)C2. The quantitative estimate of drug-likeness (QED) is 0.172.